The Balaban J connectivity index is 1.92. The predicted octanol–water partition coefficient (Wildman–Crippen LogP) is 2.52. The Hall–Kier alpha value is -1.95. The molecule has 1 aliphatic carbocycles. The molecule has 3 N–H and O–H groups in total. The summed E-state index contributed by atoms with van der Waals surface area (Å²) in [6.45, 7) is 2.42. The summed E-state index contributed by atoms with van der Waals surface area (Å²) in [6, 6.07) is 5.15. The molecule has 0 radical (unpaired) electrons. The third kappa shape index (κ3) is 4.53. The van der Waals surface area contributed by atoms with E-state index in [0.717, 1.165) is 25.7 Å². The van der Waals surface area contributed by atoms with Gasteiger partial charge in [-0.15, -0.1) is 0 Å². The number of hydrogen-bond donors (Lipinski definition) is 3. The SMILES string of the molecule is CCOc1cc(NC(=O)NC2CCC(O)CC2)ccc1OC. The van der Waals surface area contributed by atoms with Crippen LogP contribution in [0.2, 0.25) is 0 Å². The van der Waals surface area contributed by atoms with E-state index in [0.29, 0.717) is 23.8 Å². The van der Waals surface area contributed by atoms with Crippen molar-refractivity contribution >= 4 is 11.7 Å². The fourth-order valence-corrected chi connectivity index (χ4v) is 2.60. The van der Waals surface area contributed by atoms with Crippen molar-refractivity contribution in [3.8, 4) is 11.5 Å². The second-order valence-corrected chi connectivity index (χ2v) is 5.40. The highest BCUT2D eigenvalue weighted by Gasteiger charge is 2.20. The van der Waals surface area contributed by atoms with Gasteiger partial charge in [0.1, 0.15) is 0 Å². The summed E-state index contributed by atoms with van der Waals surface area (Å²) in [5, 5.41) is 15.2. The topological polar surface area (TPSA) is 79.8 Å². The van der Waals surface area contributed by atoms with Crippen molar-refractivity contribution in [2.24, 2.45) is 0 Å². The van der Waals surface area contributed by atoms with Gasteiger partial charge in [0.15, 0.2) is 11.5 Å². The summed E-state index contributed by atoms with van der Waals surface area (Å²) in [6.07, 6.45) is 2.86. The number of amides is 2. The highest BCUT2D eigenvalue weighted by molar-refractivity contribution is 5.89. The minimum atomic E-state index is -0.242. The number of methoxy groups -OCH3 is 1. The summed E-state index contributed by atoms with van der Waals surface area (Å²) in [5.41, 5.74) is 0.651. The zero-order chi connectivity index (χ0) is 15.9. The van der Waals surface area contributed by atoms with Gasteiger partial charge in [-0.3, -0.25) is 0 Å². The summed E-state index contributed by atoms with van der Waals surface area (Å²) < 4.78 is 10.7. The molecular weight excluding hydrogens is 284 g/mol. The van der Waals surface area contributed by atoms with E-state index in [9.17, 15) is 9.90 Å². The van der Waals surface area contributed by atoms with Gasteiger partial charge in [0.05, 0.1) is 19.8 Å². The maximum atomic E-state index is 12.0. The summed E-state index contributed by atoms with van der Waals surface area (Å²) in [7, 11) is 1.58. The van der Waals surface area contributed by atoms with Crippen LogP contribution >= 0.6 is 0 Å². The molecule has 0 atom stereocenters. The van der Waals surface area contributed by atoms with Crippen LogP contribution in [-0.2, 0) is 0 Å². The van der Waals surface area contributed by atoms with E-state index in [1.54, 1.807) is 25.3 Å². The molecule has 0 bridgehead atoms. The lowest BCUT2D eigenvalue weighted by molar-refractivity contribution is 0.118. The second-order valence-electron chi connectivity index (χ2n) is 5.40. The molecule has 2 rings (SSSR count). The number of benzene rings is 1. The zero-order valence-corrected chi connectivity index (χ0v) is 13.1. The van der Waals surface area contributed by atoms with Gasteiger partial charge in [0.2, 0.25) is 0 Å². The number of aliphatic hydroxyl groups is 1. The minimum Gasteiger partial charge on any atom is -0.493 e. The fourth-order valence-electron chi connectivity index (χ4n) is 2.60. The van der Waals surface area contributed by atoms with Crippen LogP contribution < -0.4 is 20.1 Å². The number of ether oxygens (including phenoxy) is 2. The Morgan fingerprint density at radius 1 is 1.27 bits per heavy atom. The molecule has 22 heavy (non-hydrogen) atoms. The molecule has 6 nitrogen and oxygen atoms in total. The molecule has 1 aromatic rings. The molecule has 1 saturated carbocycles. The van der Waals surface area contributed by atoms with Crippen molar-refractivity contribution < 1.29 is 19.4 Å². The van der Waals surface area contributed by atoms with Gasteiger partial charge in [0, 0.05) is 17.8 Å². The van der Waals surface area contributed by atoms with Crippen molar-refractivity contribution in [2.45, 2.75) is 44.8 Å². The first-order valence-corrected chi connectivity index (χ1v) is 7.68. The summed E-state index contributed by atoms with van der Waals surface area (Å²) >= 11 is 0. The number of hydrogen-bond acceptors (Lipinski definition) is 4. The smallest absolute Gasteiger partial charge is 0.319 e. The lowest BCUT2D eigenvalue weighted by Gasteiger charge is -2.26. The monoisotopic (exact) mass is 308 g/mol. The van der Waals surface area contributed by atoms with Gasteiger partial charge in [-0.05, 0) is 44.7 Å². The quantitative estimate of drug-likeness (QED) is 0.781. The van der Waals surface area contributed by atoms with E-state index in [2.05, 4.69) is 10.6 Å². The number of aliphatic hydroxyl groups excluding tert-OH is 1. The van der Waals surface area contributed by atoms with Crippen LogP contribution in [0.15, 0.2) is 18.2 Å². The molecular formula is C16H24N2O4. The maximum absolute atomic E-state index is 12.0. The van der Waals surface area contributed by atoms with Crippen LogP contribution in [-0.4, -0.2) is 37.0 Å². The Morgan fingerprint density at radius 2 is 2.00 bits per heavy atom. The Bertz CT molecular complexity index is 499. The van der Waals surface area contributed by atoms with E-state index in [1.807, 2.05) is 6.92 Å². The van der Waals surface area contributed by atoms with Crippen LogP contribution in [0.1, 0.15) is 32.6 Å². The third-order valence-corrected chi connectivity index (χ3v) is 3.75. The van der Waals surface area contributed by atoms with Crippen LogP contribution in [0.5, 0.6) is 11.5 Å². The number of carbonyl (C=O) groups excluding carboxylic acids is 1. The van der Waals surface area contributed by atoms with Crippen molar-refractivity contribution in [3.05, 3.63) is 18.2 Å². The first kappa shape index (κ1) is 16.4. The molecule has 0 spiro atoms. The molecule has 0 saturated heterocycles. The Morgan fingerprint density at radius 3 is 2.64 bits per heavy atom. The maximum Gasteiger partial charge on any atom is 0.319 e. The molecule has 1 aliphatic rings. The molecule has 1 aromatic carbocycles. The third-order valence-electron chi connectivity index (χ3n) is 3.75. The van der Waals surface area contributed by atoms with E-state index < -0.39 is 0 Å². The molecule has 2 amide bonds. The Labute approximate surface area is 130 Å². The number of nitrogens with one attached hydrogen (secondary N) is 2. The van der Waals surface area contributed by atoms with Crippen LogP contribution in [0.3, 0.4) is 0 Å². The van der Waals surface area contributed by atoms with E-state index in [-0.39, 0.29) is 18.2 Å². The highest BCUT2D eigenvalue weighted by atomic mass is 16.5. The van der Waals surface area contributed by atoms with E-state index in [4.69, 9.17) is 9.47 Å². The number of rotatable bonds is 5. The van der Waals surface area contributed by atoms with Gasteiger partial charge < -0.3 is 25.2 Å². The van der Waals surface area contributed by atoms with Crippen molar-refractivity contribution in [1.82, 2.24) is 5.32 Å². The molecule has 0 aliphatic heterocycles. The van der Waals surface area contributed by atoms with Crippen molar-refractivity contribution in [1.29, 1.82) is 0 Å². The molecule has 1 fully saturated rings. The van der Waals surface area contributed by atoms with Gasteiger partial charge in [0.25, 0.3) is 0 Å². The molecule has 0 heterocycles. The average molecular weight is 308 g/mol. The normalized spacial score (nSPS) is 21.0. The predicted molar refractivity (Wildman–Crippen MR) is 84.6 cm³/mol. The van der Waals surface area contributed by atoms with E-state index >= 15 is 0 Å². The van der Waals surface area contributed by atoms with Gasteiger partial charge in [-0.2, -0.15) is 0 Å². The summed E-state index contributed by atoms with van der Waals surface area (Å²) in [4.78, 5) is 12.0. The average Bonchev–Trinajstić information content (AvgIpc) is 2.50. The number of carbonyl (C=O) groups is 1. The standard InChI is InChI=1S/C16H24N2O4/c1-3-22-15-10-12(6-9-14(15)21-2)18-16(20)17-11-4-7-13(19)8-5-11/h6,9-11,13,19H,3-5,7-8H2,1-2H3,(H2,17,18,20). The zero-order valence-electron chi connectivity index (χ0n) is 13.1. The van der Waals surface area contributed by atoms with Gasteiger partial charge >= 0.3 is 6.03 Å². The fraction of sp³-hybridized carbons (Fsp3) is 0.562. The Kier molecular flexibility index (Phi) is 5.89. The van der Waals surface area contributed by atoms with Crippen LogP contribution in [0.25, 0.3) is 0 Å². The largest absolute Gasteiger partial charge is 0.493 e. The molecule has 0 aromatic heterocycles. The number of anilines is 1. The number of urea groups is 1. The molecule has 122 valence electrons. The molecule has 6 heteroatoms. The molecule has 0 unspecified atom stereocenters. The van der Waals surface area contributed by atoms with Crippen molar-refractivity contribution in [3.63, 3.8) is 0 Å². The minimum absolute atomic E-state index is 0.119. The van der Waals surface area contributed by atoms with E-state index in [1.165, 1.54) is 0 Å². The lowest BCUT2D eigenvalue weighted by atomic mass is 9.93. The van der Waals surface area contributed by atoms with Crippen LogP contribution in [0, 0.1) is 0 Å². The summed E-state index contributed by atoms with van der Waals surface area (Å²) in [5.74, 6) is 1.23. The van der Waals surface area contributed by atoms with Crippen molar-refractivity contribution in [2.75, 3.05) is 19.0 Å². The van der Waals surface area contributed by atoms with Gasteiger partial charge in [-0.25, -0.2) is 4.79 Å². The lowest BCUT2D eigenvalue weighted by Crippen LogP contribution is -2.40. The first-order valence-electron chi connectivity index (χ1n) is 7.68. The van der Waals surface area contributed by atoms with Gasteiger partial charge in [-0.1, -0.05) is 0 Å². The van der Waals surface area contributed by atoms with Crippen LogP contribution in [0.4, 0.5) is 10.5 Å². The second kappa shape index (κ2) is 7.89. The first-order chi connectivity index (χ1) is 10.6. The highest BCUT2D eigenvalue weighted by Crippen LogP contribution is 2.30.